The highest BCUT2D eigenvalue weighted by atomic mass is 16.2. The monoisotopic (exact) mass is 216 g/mol. The van der Waals surface area contributed by atoms with Gasteiger partial charge in [0, 0.05) is 19.8 Å². The topological polar surface area (TPSA) is 49.4 Å². The first kappa shape index (κ1) is 10.4. The Kier molecular flexibility index (Phi) is 2.48. The van der Waals surface area contributed by atoms with Crippen LogP contribution in [-0.2, 0) is 0 Å². The molecule has 0 unspecified atom stereocenters. The molecule has 2 aromatic rings. The van der Waals surface area contributed by atoms with Crippen LogP contribution in [0, 0.1) is 0 Å². The number of hydrogen-bond acceptors (Lipinski definition) is 4. The van der Waals surface area contributed by atoms with E-state index < -0.39 is 10.9 Å². The van der Waals surface area contributed by atoms with Crippen LogP contribution in [0.5, 0.6) is 0 Å². The summed E-state index contributed by atoms with van der Waals surface area (Å²) in [6, 6.07) is 9.30. The average Bonchev–Trinajstić information content (AvgIpc) is 2.28. The van der Waals surface area contributed by atoms with Gasteiger partial charge in [0.1, 0.15) is 11.4 Å². The fourth-order valence-corrected chi connectivity index (χ4v) is 1.59. The molecule has 0 bridgehead atoms. The second-order valence-corrected chi connectivity index (χ2v) is 3.77. The van der Waals surface area contributed by atoms with E-state index in [1.54, 1.807) is 19.0 Å². The van der Waals surface area contributed by atoms with Crippen molar-refractivity contribution in [1.29, 1.82) is 0 Å². The summed E-state index contributed by atoms with van der Waals surface area (Å²) in [5.41, 5.74) is 0.740. The lowest BCUT2D eigenvalue weighted by molar-refractivity contribution is 1.09. The van der Waals surface area contributed by atoms with E-state index in [0.717, 1.165) is 5.69 Å². The highest BCUT2D eigenvalue weighted by Gasteiger charge is 2.22. The van der Waals surface area contributed by atoms with Gasteiger partial charge in [-0.25, -0.2) is 0 Å². The molecule has 0 aliphatic rings. The van der Waals surface area contributed by atoms with Crippen LogP contribution >= 0.6 is 0 Å². The minimum atomic E-state index is -0.451. The highest BCUT2D eigenvalue weighted by Crippen LogP contribution is 2.21. The molecule has 0 atom stereocenters. The molecule has 1 N–H and O–H groups in total. The van der Waals surface area contributed by atoms with Crippen molar-refractivity contribution in [3.05, 3.63) is 50.8 Å². The molecule has 0 heterocycles. The van der Waals surface area contributed by atoms with Crippen LogP contribution in [0.15, 0.2) is 39.9 Å². The van der Waals surface area contributed by atoms with Gasteiger partial charge in [0.05, 0.1) is 0 Å². The van der Waals surface area contributed by atoms with Crippen molar-refractivity contribution in [2.45, 2.75) is 0 Å². The highest BCUT2D eigenvalue weighted by molar-refractivity contribution is 5.79. The van der Waals surface area contributed by atoms with Crippen molar-refractivity contribution in [2.75, 3.05) is 24.3 Å². The minimum Gasteiger partial charge on any atom is -0.373 e. The number of benzene rings is 1. The molecular formula is C12H12N2O2. The maximum atomic E-state index is 11.4. The predicted octanol–water partition coefficient (Wildman–Crippen LogP) is 1.09. The molecule has 4 nitrogen and oxygen atoms in total. The van der Waals surface area contributed by atoms with Crippen molar-refractivity contribution in [2.24, 2.45) is 0 Å². The first-order valence-corrected chi connectivity index (χ1v) is 4.94. The van der Waals surface area contributed by atoms with Crippen LogP contribution in [0.25, 0.3) is 0 Å². The Hall–Kier alpha value is -2.10. The van der Waals surface area contributed by atoms with Crippen molar-refractivity contribution in [3.63, 3.8) is 0 Å². The van der Waals surface area contributed by atoms with Gasteiger partial charge in [-0.05, 0) is 12.1 Å². The van der Waals surface area contributed by atoms with Crippen molar-refractivity contribution >= 4 is 17.1 Å². The Labute approximate surface area is 92.8 Å². The zero-order valence-corrected chi connectivity index (χ0v) is 9.15. The predicted molar refractivity (Wildman–Crippen MR) is 65.4 cm³/mol. The standard InChI is InChI=1S/C12H12N2O2/c1-14(2)10-9(11(15)12(10)16)13-8-6-4-3-5-7-8/h3-7,13H,1-2H3. The van der Waals surface area contributed by atoms with E-state index in [1.807, 2.05) is 30.3 Å². The molecule has 0 aromatic heterocycles. The third-order valence-corrected chi connectivity index (χ3v) is 2.38. The number of nitrogens with one attached hydrogen (secondary N) is 1. The molecule has 2 aromatic carbocycles. The molecule has 0 aliphatic heterocycles. The Morgan fingerprint density at radius 2 is 1.62 bits per heavy atom. The fraction of sp³-hybridized carbons (Fsp3) is 0.167. The smallest absolute Gasteiger partial charge is 0.253 e. The van der Waals surface area contributed by atoms with Gasteiger partial charge in [0.25, 0.3) is 10.9 Å². The van der Waals surface area contributed by atoms with E-state index in [-0.39, 0.29) is 0 Å². The second kappa shape index (κ2) is 3.81. The number of anilines is 3. The summed E-state index contributed by atoms with van der Waals surface area (Å²) < 4.78 is 0. The molecule has 0 saturated heterocycles. The second-order valence-electron chi connectivity index (χ2n) is 3.77. The molecule has 0 radical (unpaired) electrons. The third kappa shape index (κ3) is 1.58. The van der Waals surface area contributed by atoms with Crippen LogP contribution in [0.2, 0.25) is 0 Å². The lowest BCUT2D eigenvalue weighted by atomic mass is 10.1. The van der Waals surface area contributed by atoms with E-state index in [1.165, 1.54) is 0 Å². The zero-order chi connectivity index (χ0) is 11.7. The Morgan fingerprint density at radius 1 is 1.00 bits per heavy atom. The summed E-state index contributed by atoms with van der Waals surface area (Å²) in [5.74, 6) is 0. The van der Waals surface area contributed by atoms with E-state index in [4.69, 9.17) is 0 Å². The number of nitrogens with zero attached hydrogens (tertiary/aromatic N) is 1. The van der Waals surface area contributed by atoms with Crippen molar-refractivity contribution in [1.82, 2.24) is 0 Å². The van der Waals surface area contributed by atoms with E-state index >= 15 is 0 Å². The molecule has 0 spiro atoms. The van der Waals surface area contributed by atoms with Crippen LogP contribution in [0.3, 0.4) is 0 Å². The Morgan fingerprint density at radius 3 is 2.19 bits per heavy atom. The van der Waals surface area contributed by atoms with Gasteiger partial charge in [0.15, 0.2) is 0 Å². The maximum absolute atomic E-state index is 11.4. The number of para-hydroxylation sites is 1. The zero-order valence-electron chi connectivity index (χ0n) is 9.15. The van der Waals surface area contributed by atoms with E-state index in [2.05, 4.69) is 5.32 Å². The summed E-state index contributed by atoms with van der Waals surface area (Å²) in [6.07, 6.45) is 0. The molecule has 2 rings (SSSR count). The summed E-state index contributed by atoms with van der Waals surface area (Å²) >= 11 is 0. The first-order chi connectivity index (χ1) is 7.61. The van der Waals surface area contributed by atoms with Gasteiger partial charge in [-0.15, -0.1) is 0 Å². The molecule has 0 aliphatic carbocycles. The average molecular weight is 216 g/mol. The lowest BCUT2D eigenvalue weighted by Gasteiger charge is -2.19. The number of rotatable bonds is 3. The van der Waals surface area contributed by atoms with Gasteiger partial charge in [0.2, 0.25) is 0 Å². The summed E-state index contributed by atoms with van der Waals surface area (Å²) in [6.45, 7) is 0. The molecule has 4 heteroatoms. The van der Waals surface area contributed by atoms with Gasteiger partial charge in [-0.2, -0.15) is 0 Å². The molecule has 82 valence electrons. The molecule has 0 saturated carbocycles. The van der Waals surface area contributed by atoms with Crippen molar-refractivity contribution in [3.8, 4) is 0 Å². The molecular weight excluding hydrogens is 204 g/mol. The van der Waals surface area contributed by atoms with Crippen LogP contribution in [0.1, 0.15) is 0 Å². The quantitative estimate of drug-likeness (QED) is 0.780. The molecule has 0 fully saturated rings. The Balaban J connectivity index is 2.34. The SMILES string of the molecule is CN(C)c1c(Nc2ccccc2)c(=O)c1=O. The molecule has 0 amide bonds. The minimum absolute atomic E-state index is 0.376. The van der Waals surface area contributed by atoms with Crippen molar-refractivity contribution < 1.29 is 0 Å². The van der Waals surface area contributed by atoms with Gasteiger partial charge < -0.3 is 10.2 Å². The van der Waals surface area contributed by atoms with Gasteiger partial charge in [-0.3, -0.25) is 9.59 Å². The van der Waals surface area contributed by atoms with Crippen LogP contribution < -0.4 is 21.1 Å². The first-order valence-electron chi connectivity index (χ1n) is 4.94. The van der Waals surface area contributed by atoms with E-state index in [9.17, 15) is 9.59 Å². The third-order valence-electron chi connectivity index (χ3n) is 2.38. The van der Waals surface area contributed by atoms with Crippen LogP contribution in [0.4, 0.5) is 17.1 Å². The lowest BCUT2D eigenvalue weighted by Crippen LogP contribution is -2.39. The molecule has 16 heavy (non-hydrogen) atoms. The van der Waals surface area contributed by atoms with Gasteiger partial charge in [-0.1, -0.05) is 18.2 Å². The maximum Gasteiger partial charge on any atom is 0.253 e. The largest absolute Gasteiger partial charge is 0.373 e. The normalized spacial score (nSPS) is 10.4. The summed E-state index contributed by atoms with van der Waals surface area (Å²) in [5, 5.41) is 2.96. The van der Waals surface area contributed by atoms with Crippen LogP contribution in [-0.4, -0.2) is 14.1 Å². The van der Waals surface area contributed by atoms with Gasteiger partial charge >= 0.3 is 0 Å². The Bertz CT molecular complexity index is 566. The summed E-state index contributed by atoms with van der Waals surface area (Å²) in [7, 11) is 3.48. The fourth-order valence-electron chi connectivity index (χ4n) is 1.59. The van der Waals surface area contributed by atoms with E-state index in [0.29, 0.717) is 11.4 Å². The summed E-state index contributed by atoms with van der Waals surface area (Å²) in [4.78, 5) is 24.3. The number of hydrogen-bond donors (Lipinski definition) is 1.